The van der Waals surface area contributed by atoms with Crippen LogP contribution in [-0.4, -0.2) is 43.6 Å². The molecule has 0 aromatic carbocycles. The monoisotopic (exact) mass is 246 g/mol. The first-order valence-corrected chi connectivity index (χ1v) is 3.52. The van der Waals surface area contributed by atoms with Crippen molar-refractivity contribution in [2.75, 3.05) is 0 Å². The summed E-state index contributed by atoms with van der Waals surface area (Å²) in [6, 6.07) is 0. The van der Waals surface area contributed by atoms with E-state index in [9.17, 15) is 0 Å². The van der Waals surface area contributed by atoms with Crippen LogP contribution in [0.25, 0.3) is 0 Å². The van der Waals surface area contributed by atoms with Gasteiger partial charge in [-0.3, -0.25) is 0 Å². The number of hydrogen-bond donors (Lipinski definition) is 5. The van der Waals surface area contributed by atoms with E-state index in [-0.39, 0.29) is 0 Å². The van der Waals surface area contributed by atoms with Crippen LogP contribution in [0.3, 0.4) is 0 Å². The number of hydrogen-bond acceptors (Lipinski definition) is 6. The number of carbonyl (C=O) groups is 2. The summed E-state index contributed by atoms with van der Waals surface area (Å²) in [5.74, 6) is 0. The zero-order valence-electron chi connectivity index (χ0n) is 8.78. The first-order chi connectivity index (χ1) is 7.02. The Kier molecular flexibility index (Phi) is 14.2. The molecule has 0 aliphatic carbocycles. The van der Waals surface area contributed by atoms with Crippen molar-refractivity contribution in [1.29, 1.82) is 0 Å². The van der Waals surface area contributed by atoms with E-state index in [1.807, 2.05) is 0 Å². The quantitative estimate of drug-likeness (QED) is 0.357. The van der Waals surface area contributed by atoms with Gasteiger partial charge in [-0.05, 0) is 30.8 Å². The van der Waals surface area contributed by atoms with Gasteiger partial charge in [0, 0.05) is 0 Å². The lowest BCUT2D eigenvalue weighted by Gasteiger charge is -2.13. The third-order valence-electron chi connectivity index (χ3n) is 0.314. The topological polar surface area (TPSA) is 163 Å². The molecule has 16 heavy (non-hydrogen) atoms. The summed E-state index contributed by atoms with van der Waals surface area (Å²) in [5, 5.41) is 42.4. The molecular weight excluding hydrogens is 232 g/mol. The van der Waals surface area contributed by atoms with E-state index in [0.29, 0.717) is 0 Å². The summed E-state index contributed by atoms with van der Waals surface area (Å²) in [6.07, 6.45) is -3.67. The van der Waals surface area contributed by atoms with Gasteiger partial charge < -0.3 is 20.4 Å². The predicted molar refractivity (Wildman–Crippen MR) is 46.9 cm³/mol. The van der Waals surface area contributed by atoms with E-state index in [1.54, 1.807) is 20.8 Å². The van der Waals surface area contributed by atoms with E-state index >= 15 is 0 Å². The minimum absolute atomic E-state index is 0.456. The van der Waals surface area contributed by atoms with Crippen LogP contribution in [0.5, 0.6) is 0 Å². The van der Waals surface area contributed by atoms with Crippen molar-refractivity contribution in [3.05, 3.63) is 0 Å². The van der Waals surface area contributed by atoms with E-state index < -0.39 is 17.9 Å². The average molecular weight is 246 g/mol. The standard InChI is InChI=1S/C4H10O4.2CH2O3/c1-4(2,3)6-8-7-5;2*2-1(3)4/h5H,1-3H3;2*(H2,2,3,4). The van der Waals surface area contributed by atoms with Crippen LogP contribution in [0.1, 0.15) is 20.8 Å². The fraction of sp³-hybridized carbons (Fsp3) is 0.667. The molecule has 0 radical (unpaired) electrons. The Labute approximate surface area is 90.0 Å². The molecule has 0 rings (SSSR count). The van der Waals surface area contributed by atoms with Crippen molar-refractivity contribution in [1.82, 2.24) is 0 Å². The molecule has 0 unspecified atom stereocenters. The highest BCUT2D eigenvalue weighted by Crippen LogP contribution is 2.05. The van der Waals surface area contributed by atoms with Crippen molar-refractivity contribution in [3.63, 3.8) is 0 Å². The fourth-order valence-electron chi connectivity index (χ4n) is 0.117. The zero-order chi connectivity index (χ0) is 13.8. The van der Waals surface area contributed by atoms with Crippen LogP contribution in [0, 0.1) is 0 Å². The third-order valence-corrected chi connectivity index (χ3v) is 0.314. The molecule has 98 valence electrons. The van der Waals surface area contributed by atoms with E-state index in [0.717, 1.165) is 0 Å². The molecule has 0 atom stereocenters. The average Bonchev–Trinajstić information content (AvgIpc) is 1.97. The molecule has 0 aromatic rings. The first kappa shape index (κ1) is 19.9. The Bertz CT molecular complexity index is 162. The van der Waals surface area contributed by atoms with Gasteiger partial charge in [0.05, 0.1) is 5.60 Å². The lowest BCUT2D eigenvalue weighted by atomic mass is 10.2. The summed E-state index contributed by atoms with van der Waals surface area (Å²) in [5.41, 5.74) is -0.456. The highest BCUT2D eigenvalue weighted by atomic mass is 17.6. The lowest BCUT2D eigenvalue weighted by Crippen LogP contribution is -2.18. The van der Waals surface area contributed by atoms with Crippen LogP contribution in [0.2, 0.25) is 0 Å². The minimum Gasteiger partial charge on any atom is -0.450 e. The Morgan fingerprint density at radius 2 is 1.19 bits per heavy atom. The van der Waals surface area contributed by atoms with Gasteiger partial charge in [-0.2, -0.15) is 4.89 Å². The summed E-state index contributed by atoms with van der Waals surface area (Å²) < 4.78 is 0. The highest BCUT2D eigenvalue weighted by Gasteiger charge is 2.11. The van der Waals surface area contributed by atoms with Gasteiger partial charge in [-0.25, -0.2) is 14.8 Å². The van der Waals surface area contributed by atoms with Crippen LogP contribution >= 0.6 is 0 Å². The largest absolute Gasteiger partial charge is 0.503 e. The molecule has 10 nitrogen and oxygen atoms in total. The molecule has 0 aromatic heterocycles. The second-order valence-corrected chi connectivity index (χ2v) is 2.90. The maximum Gasteiger partial charge on any atom is 0.503 e. The molecule has 0 heterocycles. The van der Waals surface area contributed by atoms with Gasteiger partial charge in [-0.1, -0.05) is 0 Å². The van der Waals surface area contributed by atoms with E-state index in [4.69, 9.17) is 35.3 Å². The first-order valence-electron chi connectivity index (χ1n) is 3.52. The second-order valence-electron chi connectivity index (χ2n) is 2.90. The van der Waals surface area contributed by atoms with Gasteiger partial charge in [0.15, 0.2) is 0 Å². The molecule has 10 heteroatoms. The smallest absolute Gasteiger partial charge is 0.450 e. The molecule has 0 saturated carbocycles. The maximum atomic E-state index is 8.56. The molecule has 0 aliphatic heterocycles. The van der Waals surface area contributed by atoms with Gasteiger partial charge in [0.1, 0.15) is 0 Å². The van der Waals surface area contributed by atoms with Crippen molar-refractivity contribution < 1.29 is 50.2 Å². The van der Waals surface area contributed by atoms with Crippen LogP contribution in [-0.2, 0) is 15.0 Å². The van der Waals surface area contributed by atoms with Gasteiger partial charge in [-0.15, -0.1) is 0 Å². The molecule has 0 amide bonds. The van der Waals surface area contributed by atoms with Crippen molar-refractivity contribution in [2.24, 2.45) is 0 Å². The Morgan fingerprint density at radius 1 is 0.938 bits per heavy atom. The summed E-state index contributed by atoms with van der Waals surface area (Å²) in [4.78, 5) is 21.5. The third kappa shape index (κ3) is 140. The Morgan fingerprint density at radius 3 is 1.25 bits per heavy atom. The fourth-order valence-corrected chi connectivity index (χ4v) is 0.117. The summed E-state index contributed by atoms with van der Waals surface area (Å²) in [6.45, 7) is 5.27. The summed E-state index contributed by atoms with van der Waals surface area (Å²) >= 11 is 0. The lowest BCUT2D eigenvalue weighted by molar-refractivity contribution is -0.638. The van der Waals surface area contributed by atoms with Gasteiger partial charge in [0.2, 0.25) is 0 Å². The van der Waals surface area contributed by atoms with Gasteiger partial charge in [0.25, 0.3) is 0 Å². The zero-order valence-corrected chi connectivity index (χ0v) is 8.78. The van der Waals surface area contributed by atoms with Crippen LogP contribution in [0.15, 0.2) is 0 Å². The van der Waals surface area contributed by atoms with E-state index in [2.05, 4.69) is 15.0 Å². The second kappa shape index (κ2) is 11.5. The molecule has 0 aliphatic rings. The Balaban J connectivity index is -0.000000179. The number of rotatable bonds is 2. The van der Waals surface area contributed by atoms with E-state index in [1.165, 1.54) is 0 Å². The molecule has 5 N–H and O–H groups in total. The normalized spacial score (nSPS) is 9.00. The molecule has 0 fully saturated rings. The maximum absolute atomic E-state index is 8.56. The summed E-state index contributed by atoms with van der Waals surface area (Å²) in [7, 11) is 0. The van der Waals surface area contributed by atoms with Crippen molar-refractivity contribution in [2.45, 2.75) is 26.4 Å². The van der Waals surface area contributed by atoms with Crippen molar-refractivity contribution >= 4 is 12.3 Å². The SMILES string of the molecule is CC(C)(C)OOOO.O=C(O)O.O=C(O)O. The number of carboxylic acid groups (broad SMARTS) is 4. The Hall–Kier alpha value is -1.62. The minimum atomic E-state index is -1.83. The molecule has 0 spiro atoms. The van der Waals surface area contributed by atoms with Crippen molar-refractivity contribution in [3.8, 4) is 0 Å². The van der Waals surface area contributed by atoms with Crippen LogP contribution in [0.4, 0.5) is 9.59 Å². The van der Waals surface area contributed by atoms with Gasteiger partial charge >= 0.3 is 12.3 Å². The molecular formula is C6H14O10. The molecule has 0 saturated heterocycles. The highest BCUT2D eigenvalue weighted by molar-refractivity contribution is 5.53. The predicted octanol–water partition coefficient (Wildman–Crippen LogP) is 1.58. The molecule has 0 bridgehead atoms. The van der Waals surface area contributed by atoms with Crippen LogP contribution < -0.4 is 0 Å².